The van der Waals surface area contributed by atoms with E-state index < -0.39 is 10.7 Å². The van der Waals surface area contributed by atoms with E-state index in [1.54, 1.807) is 12.1 Å². The highest BCUT2D eigenvalue weighted by molar-refractivity contribution is 6.07. The van der Waals surface area contributed by atoms with Crippen LogP contribution in [0.3, 0.4) is 0 Å². The lowest BCUT2D eigenvalue weighted by atomic mass is 10.2. The lowest BCUT2D eigenvalue weighted by Crippen LogP contribution is -2.00. The van der Waals surface area contributed by atoms with Crippen LogP contribution in [0.4, 0.5) is 5.69 Å². The van der Waals surface area contributed by atoms with E-state index in [4.69, 9.17) is 9.15 Å². The number of ketones is 1. The molecule has 3 aromatic rings. The van der Waals surface area contributed by atoms with Gasteiger partial charge in [-0.25, -0.2) is 0 Å². The van der Waals surface area contributed by atoms with Crippen LogP contribution in [-0.4, -0.2) is 20.5 Å². The van der Waals surface area contributed by atoms with Gasteiger partial charge in [-0.3, -0.25) is 19.6 Å². The monoisotopic (exact) mass is 367 g/mol. The third-order valence-corrected chi connectivity index (χ3v) is 3.78. The number of ether oxygens (including phenoxy) is 1. The summed E-state index contributed by atoms with van der Waals surface area (Å²) in [5.74, 6) is 1.22. The SMILES string of the molecule is Cc1ccccc1OCc1ccc(/C=C/C(=O)c2nn(C)cc2[N+](=O)[O-])o1. The topological polar surface area (TPSA) is 100 Å². The van der Waals surface area contributed by atoms with Crippen LogP contribution in [0.15, 0.2) is 53.1 Å². The summed E-state index contributed by atoms with van der Waals surface area (Å²) in [5.41, 5.74) is 0.471. The zero-order chi connectivity index (χ0) is 19.4. The van der Waals surface area contributed by atoms with Gasteiger partial charge in [-0.05, 0) is 42.8 Å². The Morgan fingerprint density at radius 3 is 2.85 bits per heavy atom. The molecule has 0 fully saturated rings. The average molecular weight is 367 g/mol. The minimum atomic E-state index is -0.637. The van der Waals surface area contributed by atoms with Crippen LogP contribution in [0, 0.1) is 17.0 Å². The second-order valence-electron chi connectivity index (χ2n) is 5.85. The summed E-state index contributed by atoms with van der Waals surface area (Å²) >= 11 is 0. The quantitative estimate of drug-likeness (QED) is 0.273. The van der Waals surface area contributed by atoms with Gasteiger partial charge >= 0.3 is 5.69 Å². The number of carbonyl (C=O) groups is 1. The van der Waals surface area contributed by atoms with E-state index in [9.17, 15) is 14.9 Å². The normalized spacial score (nSPS) is 11.0. The number of rotatable bonds is 7. The van der Waals surface area contributed by atoms with Crippen molar-refractivity contribution in [2.75, 3.05) is 0 Å². The fourth-order valence-corrected chi connectivity index (χ4v) is 2.45. The summed E-state index contributed by atoms with van der Waals surface area (Å²) in [6, 6.07) is 11.1. The molecule has 0 aliphatic heterocycles. The summed E-state index contributed by atoms with van der Waals surface area (Å²) in [6.45, 7) is 2.20. The maximum Gasteiger partial charge on any atom is 0.318 e. The minimum Gasteiger partial charge on any atom is -0.485 e. The number of furan rings is 1. The molecule has 3 rings (SSSR count). The number of hydrogen-bond donors (Lipinski definition) is 0. The Bertz CT molecular complexity index is 1020. The maximum atomic E-state index is 12.2. The van der Waals surface area contributed by atoms with Crippen LogP contribution in [-0.2, 0) is 13.7 Å². The first-order valence-electron chi connectivity index (χ1n) is 8.11. The van der Waals surface area contributed by atoms with Crippen molar-refractivity contribution in [3.05, 3.63) is 81.6 Å². The molecule has 0 atom stereocenters. The largest absolute Gasteiger partial charge is 0.485 e. The Labute approximate surface area is 154 Å². The van der Waals surface area contributed by atoms with Crippen molar-refractivity contribution in [2.24, 2.45) is 7.05 Å². The molecule has 0 aliphatic rings. The van der Waals surface area contributed by atoms with E-state index in [1.165, 1.54) is 30.1 Å². The third kappa shape index (κ3) is 4.30. The number of para-hydroxylation sites is 1. The molecule has 1 aromatic carbocycles. The molecular weight excluding hydrogens is 350 g/mol. The molecule has 0 saturated heterocycles. The van der Waals surface area contributed by atoms with Crippen LogP contribution in [0.5, 0.6) is 5.75 Å². The minimum absolute atomic E-state index is 0.214. The number of carbonyl (C=O) groups excluding carboxylic acids is 1. The first kappa shape index (κ1) is 18.1. The number of aromatic nitrogens is 2. The lowest BCUT2D eigenvalue weighted by Gasteiger charge is -2.06. The smallest absolute Gasteiger partial charge is 0.318 e. The Morgan fingerprint density at radius 2 is 2.11 bits per heavy atom. The Morgan fingerprint density at radius 1 is 1.33 bits per heavy atom. The van der Waals surface area contributed by atoms with Crippen molar-refractivity contribution < 1.29 is 18.9 Å². The second-order valence-corrected chi connectivity index (χ2v) is 5.85. The fourth-order valence-electron chi connectivity index (χ4n) is 2.45. The average Bonchev–Trinajstić information content (AvgIpc) is 3.25. The van der Waals surface area contributed by atoms with Gasteiger partial charge in [0.15, 0.2) is 0 Å². The van der Waals surface area contributed by atoms with Crippen LogP contribution in [0.1, 0.15) is 27.6 Å². The van der Waals surface area contributed by atoms with E-state index in [0.717, 1.165) is 11.3 Å². The number of benzene rings is 1. The molecule has 0 radical (unpaired) electrons. The molecule has 2 aromatic heterocycles. The Balaban J connectivity index is 1.66. The maximum absolute atomic E-state index is 12.2. The van der Waals surface area contributed by atoms with E-state index >= 15 is 0 Å². The molecule has 0 amide bonds. The summed E-state index contributed by atoms with van der Waals surface area (Å²) in [7, 11) is 1.51. The van der Waals surface area contributed by atoms with Crippen molar-refractivity contribution >= 4 is 17.5 Å². The molecule has 0 spiro atoms. The summed E-state index contributed by atoms with van der Waals surface area (Å²) in [4.78, 5) is 22.5. The van der Waals surface area contributed by atoms with E-state index in [-0.39, 0.29) is 18.0 Å². The highest BCUT2D eigenvalue weighted by Gasteiger charge is 2.23. The van der Waals surface area contributed by atoms with Gasteiger partial charge in [0, 0.05) is 7.05 Å². The highest BCUT2D eigenvalue weighted by Crippen LogP contribution is 2.20. The molecule has 2 heterocycles. The highest BCUT2D eigenvalue weighted by atomic mass is 16.6. The first-order chi connectivity index (χ1) is 12.9. The summed E-state index contributed by atoms with van der Waals surface area (Å²) in [6.07, 6.45) is 3.83. The predicted octanol–water partition coefficient (Wildman–Crippen LogP) is 3.70. The van der Waals surface area contributed by atoms with Crippen LogP contribution >= 0.6 is 0 Å². The molecule has 0 aliphatic carbocycles. The van der Waals surface area contributed by atoms with Gasteiger partial charge < -0.3 is 9.15 Å². The molecule has 27 heavy (non-hydrogen) atoms. The first-order valence-corrected chi connectivity index (χ1v) is 8.11. The molecule has 0 bridgehead atoms. The predicted molar refractivity (Wildman–Crippen MR) is 97.4 cm³/mol. The fraction of sp³-hybridized carbons (Fsp3) is 0.158. The van der Waals surface area contributed by atoms with Crippen molar-refractivity contribution in [3.8, 4) is 5.75 Å². The van der Waals surface area contributed by atoms with Crippen molar-refractivity contribution in [2.45, 2.75) is 13.5 Å². The molecule has 138 valence electrons. The van der Waals surface area contributed by atoms with Crippen LogP contribution in [0.25, 0.3) is 6.08 Å². The molecule has 0 N–H and O–H groups in total. The van der Waals surface area contributed by atoms with Gasteiger partial charge in [0.1, 0.15) is 30.1 Å². The molecule has 0 unspecified atom stereocenters. The number of aryl methyl sites for hydroxylation is 2. The van der Waals surface area contributed by atoms with Crippen molar-refractivity contribution in [1.82, 2.24) is 9.78 Å². The van der Waals surface area contributed by atoms with Gasteiger partial charge in [0.25, 0.3) is 0 Å². The molecule has 0 saturated carbocycles. The van der Waals surface area contributed by atoms with E-state index in [0.29, 0.717) is 11.5 Å². The van der Waals surface area contributed by atoms with Gasteiger partial charge in [-0.1, -0.05) is 18.2 Å². The van der Waals surface area contributed by atoms with Crippen molar-refractivity contribution in [3.63, 3.8) is 0 Å². The standard InChI is InChI=1S/C19H17N3O5/c1-13-5-3-4-6-18(13)26-12-15-8-7-14(27-15)9-10-17(23)19-16(22(24)25)11-21(2)20-19/h3-11H,12H2,1-2H3/b10-9+. The summed E-state index contributed by atoms with van der Waals surface area (Å²) in [5, 5.41) is 14.8. The zero-order valence-electron chi connectivity index (χ0n) is 14.8. The molecular formula is C19H17N3O5. The Hall–Kier alpha value is -3.68. The van der Waals surface area contributed by atoms with E-state index in [2.05, 4.69) is 5.10 Å². The van der Waals surface area contributed by atoms with Gasteiger partial charge in [0.05, 0.1) is 4.92 Å². The number of nitrogens with zero attached hydrogens (tertiary/aromatic N) is 3. The lowest BCUT2D eigenvalue weighted by molar-refractivity contribution is -0.385. The molecule has 8 nitrogen and oxygen atoms in total. The zero-order valence-corrected chi connectivity index (χ0v) is 14.8. The van der Waals surface area contributed by atoms with Crippen LogP contribution in [0.2, 0.25) is 0 Å². The van der Waals surface area contributed by atoms with Gasteiger partial charge in [-0.2, -0.15) is 5.10 Å². The third-order valence-electron chi connectivity index (χ3n) is 3.78. The number of hydrogen-bond acceptors (Lipinski definition) is 6. The van der Waals surface area contributed by atoms with Gasteiger partial charge in [-0.15, -0.1) is 0 Å². The number of nitro groups is 1. The Kier molecular flexibility index (Phi) is 5.16. The number of allylic oxidation sites excluding steroid dienone is 1. The van der Waals surface area contributed by atoms with Crippen molar-refractivity contribution in [1.29, 1.82) is 0 Å². The molecule has 8 heteroatoms. The van der Waals surface area contributed by atoms with Crippen LogP contribution < -0.4 is 4.74 Å². The summed E-state index contributed by atoms with van der Waals surface area (Å²) < 4.78 is 12.5. The second kappa shape index (κ2) is 7.69. The van der Waals surface area contributed by atoms with Gasteiger partial charge in [0.2, 0.25) is 11.5 Å². The van der Waals surface area contributed by atoms with E-state index in [1.807, 2.05) is 31.2 Å².